The van der Waals surface area contributed by atoms with Gasteiger partial charge in [0.05, 0.1) is 38.6 Å². The van der Waals surface area contributed by atoms with Gasteiger partial charge in [0.15, 0.2) is 0 Å². The maximum absolute atomic E-state index is 6.52. The maximum Gasteiger partial charge on any atom is 0.0995 e. The van der Waals surface area contributed by atoms with E-state index in [1.54, 1.807) is 0 Å². The third-order valence-electron chi connectivity index (χ3n) is 5.80. The molecule has 0 bridgehead atoms. The van der Waals surface area contributed by atoms with Crippen LogP contribution in [-0.4, -0.2) is 24.9 Å². The fourth-order valence-electron chi connectivity index (χ4n) is 4.18. The highest BCUT2D eigenvalue weighted by molar-refractivity contribution is 5.15. The zero-order chi connectivity index (χ0) is 21.3. The van der Waals surface area contributed by atoms with Gasteiger partial charge in [-0.05, 0) is 23.1 Å². The van der Waals surface area contributed by atoms with Crippen LogP contribution in [0.15, 0.2) is 91.0 Å². The maximum atomic E-state index is 6.52. The summed E-state index contributed by atoms with van der Waals surface area (Å²) in [6, 6.07) is 30.6. The van der Waals surface area contributed by atoms with Crippen molar-refractivity contribution in [1.82, 2.24) is 0 Å². The Morgan fingerprint density at radius 1 is 0.613 bits per heavy atom. The highest BCUT2D eigenvalue weighted by Crippen LogP contribution is 2.32. The van der Waals surface area contributed by atoms with Crippen molar-refractivity contribution >= 4 is 0 Å². The topological polar surface area (TPSA) is 53.7 Å². The molecule has 1 unspecified atom stereocenters. The Bertz CT molecular complexity index is 888. The van der Waals surface area contributed by atoms with Gasteiger partial charge in [0.1, 0.15) is 0 Å². The SMILES string of the molecule is N[C@H]1C[C@H](COCc2ccccc2)[C@@H](OCc2ccccc2)C1OCc1ccccc1. The van der Waals surface area contributed by atoms with E-state index in [9.17, 15) is 0 Å². The Morgan fingerprint density at radius 2 is 1.06 bits per heavy atom. The predicted molar refractivity (Wildman–Crippen MR) is 122 cm³/mol. The smallest absolute Gasteiger partial charge is 0.0995 e. The van der Waals surface area contributed by atoms with Crippen LogP contribution >= 0.6 is 0 Å². The first kappa shape index (κ1) is 21.7. The second-order valence-corrected chi connectivity index (χ2v) is 8.18. The van der Waals surface area contributed by atoms with Gasteiger partial charge in [-0.25, -0.2) is 0 Å². The molecule has 1 saturated carbocycles. The van der Waals surface area contributed by atoms with Crippen LogP contribution in [0.25, 0.3) is 0 Å². The summed E-state index contributed by atoms with van der Waals surface area (Å²) in [7, 11) is 0. The highest BCUT2D eigenvalue weighted by Gasteiger charge is 2.43. The van der Waals surface area contributed by atoms with Gasteiger partial charge < -0.3 is 19.9 Å². The minimum atomic E-state index is -0.158. The van der Waals surface area contributed by atoms with Gasteiger partial charge in [-0.3, -0.25) is 0 Å². The van der Waals surface area contributed by atoms with Crippen molar-refractivity contribution in [3.05, 3.63) is 108 Å². The minimum absolute atomic E-state index is 0.0742. The number of ether oxygens (including phenoxy) is 3. The minimum Gasteiger partial charge on any atom is -0.376 e. The van der Waals surface area contributed by atoms with E-state index in [0.717, 1.165) is 17.5 Å². The molecule has 31 heavy (non-hydrogen) atoms. The number of rotatable bonds is 10. The number of benzene rings is 3. The lowest BCUT2D eigenvalue weighted by atomic mass is 10.1. The van der Waals surface area contributed by atoms with Crippen molar-refractivity contribution in [2.75, 3.05) is 6.61 Å². The molecule has 2 N–H and O–H groups in total. The monoisotopic (exact) mass is 417 g/mol. The third-order valence-corrected chi connectivity index (χ3v) is 5.80. The molecule has 3 aromatic carbocycles. The molecule has 4 nitrogen and oxygen atoms in total. The summed E-state index contributed by atoms with van der Waals surface area (Å²) in [5.41, 5.74) is 9.97. The van der Waals surface area contributed by atoms with Crippen molar-refractivity contribution in [2.45, 2.75) is 44.5 Å². The first-order valence-electron chi connectivity index (χ1n) is 11.0. The standard InChI is InChI=1S/C27H31NO3/c28-25-16-24(20-29-17-21-10-4-1-5-11-21)26(30-18-22-12-6-2-7-13-22)27(25)31-19-23-14-8-3-9-15-23/h1-15,24-27H,16-20,28H2/t24-,25+,26-,27?/m1/s1. The molecule has 0 spiro atoms. The second kappa shape index (κ2) is 11.2. The van der Waals surface area contributed by atoms with Gasteiger partial charge in [0, 0.05) is 12.0 Å². The third kappa shape index (κ3) is 6.25. The molecule has 0 aliphatic heterocycles. The summed E-state index contributed by atoms with van der Waals surface area (Å²) in [5.74, 6) is 0.197. The summed E-state index contributed by atoms with van der Waals surface area (Å²) in [5, 5.41) is 0. The molecule has 1 aliphatic carbocycles. The van der Waals surface area contributed by atoms with E-state index in [2.05, 4.69) is 36.4 Å². The summed E-state index contributed by atoms with van der Waals surface area (Å²) < 4.78 is 18.7. The predicted octanol–water partition coefficient (Wildman–Crippen LogP) is 4.72. The first-order valence-corrected chi connectivity index (χ1v) is 11.0. The highest BCUT2D eigenvalue weighted by atomic mass is 16.5. The van der Waals surface area contributed by atoms with Crippen LogP contribution in [0.3, 0.4) is 0 Å². The normalized spacial score (nSPS) is 23.1. The number of hydrogen-bond donors (Lipinski definition) is 1. The fourth-order valence-corrected chi connectivity index (χ4v) is 4.18. The quantitative estimate of drug-likeness (QED) is 0.519. The van der Waals surface area contributed by atoms with Gasteiger partial charge in [-0.15, -0.1) is 0 Å². The molecule has 0 heterocycles. The van der Waals surface area contributed by atoms with E-state index in [-0.39, 0.29) is 24.2 Å². The number of nitrogens with two attached hydrogens (primary N) is 1. The van der Waals surface area contributed by atoms with Crippen LogP contribution in [0, 0.1) is 5.92 Å². The Morgan fingerprint density at radius 3 is 1.58 bits per heavy atom. The zero-order valence-electron chi connectivity index (χ0n) is 17.8. The number of hydrogen-bond acceptors (Lipinski definition) is 4. The van der Waals surface area contributed by atoms with Crippen molar-refractivity contribution in [1.29, 1.82) is 0 Å². The molecule has 1 aliphatic rings. The average molecular weight is 418 g/mol. The molecule has 4 rings (SSSR count). The molecular formula is C27H31NO3. The van der Waals surface area contributed by atoms with E-state index in [0.29, 0.717) is 26.4 Å². The van der Waals surface area contributed by atoms with Crippen LogP contribution in [-0.2, 0) is 34.0 Å². The Kier molecular flexibility index (Phi) is 7.86. The molecule has 4 atom stereocenters. The molecule has 0 amide bonds. The van der Waals surface area contributed by atoms with E-state index in [1.807, 2.05) is 54.6 Å². The molecule has 1 fully saturated rings. The molecule has 162 valence electrons. The van der Waals surface area contributed by atoms with Crippen LogP contribution < -0.4 is 5.73 Å². The lowest BCUT2D eigenvalue weighted by molar-refractivity contribution is -0.0976. The van der Waals surface area contributed by atoms with Crippen LogP contribution in [0.5, 0.6) is 0 Å². The Balaban J connectivity index is 1.39. The van der Waals surface area contributed by atoms with Gasteiger partial charge >= 0.3 is 0 Å². The second-order valence-electron chi connectivity index (χ2n) is 8.18. The largest absolute Gasteiger partial charge is 0.376 e. The Hall–Kier alpha value is -2.50. The van der Waals surface area contributed by atoms with Crippen molar-refractivity contribution in [2.24, 2.45) is 11.7 Å². The lowest BCUT2D eigenvalue weighted by Gasteiger charge is -2.26. The molecule has 0 saturated heterocycles. The molecule has 0 aromatic heterocycles. The summed E-state index contributed by atoms with van der Waals surface area (Å²) >= 11 is 0. The van der Waals surface area contributed by atoms with Crippen molar-refractivity contribution in [3.63, 3.8) is 0 Å². The van der Waals surface area contributed by atoms with Gasteiger partial charge in [0.2, 0.25) is 0 Å². The molecular weight excluding hydrogens is 386 g/mol. The van der Waals surface area contributed by atoms with Gasteiger partial charge in [-0.1, -0.05) is 91.0 Å². The first-order chi connectivity index (χ1) is 15.3. The van der Waals surface area contributed by atoms with Crippen LogP contribution in [0.1, 0.15) is 23.1 Å². The Labute approximate surface area is 185 Å². The van der Waals surface area contributed by atoms with E-state index in [4.69, 9.17) is 19.9 Å². The van der Waals surface area contributed by atoms with Crippen LogP contribution in [0.4, 0.5) is 0 Å². The van der Waals surface area contributed by atoms with Crippen molar-refractivity contribution < 1.29 is 14.2 Å². The van der Waals surface area contributed by atoms with Crippen molar-refractivity contribution in [3.8, 4) is 0 Å². The average Bonchev–Trinajstić information content (AvgIpc) is 3.12. The van der Waals surface area contributed by atoms with Crippen LogP contribution in [0.2, 0.25) is 0 Å². The van der Waals surface area contributed by atoms with Gasteiger partial charge in [0.25, 0.3) is 0 Å². The fraction of sp³-hybridized carbons (Fsp3) is 0.333. The van der Waals surface area contributed by atoms with E-state index in [1.165, 1.54) is 5.56 Å². The van der Waals surface area contributed by atoms with Gasteiger partial charge in [-0.2, -0.15) is 0 Å². The van der Waals surface area contributed by atoms with E-state index < -0.39 is 0 Å². The lowest BCUT2D eigenvalue weighted by Crippen LogP contribution is -2.40. The molecule has 0 radical (unpaired) electrons. The van der Waals surface area contributed by atoms with E-state index >= 15 is 0 Å². The zero-order valence-corrected chi connectivity index (χ0v) is 17.8. The summed E-state index contributed by atoms with van der Waals surface area (Å²) in [6.45, 7) is 2.27. The molecule has 4 heteroatoms. The summed E-state index contributed by atoms with van der Waals surface area (Å²) in [6.07, 6.45) is 0.567. The summed E-state index contributed by atoms with van der Waals surface area (Å²) in [4.78, 5) is 0. The molecule has 3 aromatic rings.